The Morgan fingerprint density at radius 3 is 2.50 bits per heavy atom. The molecule has 0 bridgehead atoms. The number of rotatable bonds is 5. The highest BCUT2D eigenvalue weighted by molar-refractivity contribution is 6.30. The number of hydrogen-bond acceptors (Lipinski definition) is 3. The lowest BCUT2D eigenvalue weighted by atomic mass is 10.1. The first-order valence-corrected chi connectivity index (χ1v) is 7.76. The quantitative estimate of drug-likeness (QED) is 0.672. The maximum Gasteiger partial charge on any atom is 0.0995 e. The molecule has 120 valence electrons. The molecular formula is C19H14ClN2O2-. The van der Waals surface area contributed by atoms with Crippen molar-refractivity contribution in [3.05, 3.63) is 83.0 Å². The van der Waals surface area contributed by atoms with E-state index in [1.54, 1.807) is 16.8 Å². The lowest BCUT2D eigenvalue weighted by molar-refractivity contribution is -0.297. The number of aromatic nitrogens is 2. The molecule has 0 amide bonds. The van der Waals surface area contributed by atoms with E-state index < -0.39 is 5.97 Å². The number of carboxylic acid groups (broad SMARTS) is 1. The summed E-state index contributed by atoms with van der Waals surface area (Å²) in [6.07, 6.45) is 4.31. The lowest BCUT2D eigenvalue weighted by Crippen LogP contribution is -2.18. The van der Waals surface area contributed by atoms with Crippen LogP contribution in [0.25, 0.3) is 17.3 Å². The van der Waals surface area contributed by atoms with Gasteiger partial charge in [0.25, 0.3) is 0 Å². The van der Waals surface area contributed by atoms with Gasteiger partial charge in [0, 0.05) is 22.3 Å². The van der Waals surface area contributed by atoms with Gasteiger partial charge < -0.3 is 9.90 Å². The van der Waals surface area contributed by atoms with Gasteiger partial charge in [-0.1, -0.05) is 54.1 Å². The smallest absolute Gasteiger partial charge is 0.0995 e. The third kappa shape index (κ3) is 3.91. The highest BCUT2D eigenvalue weighted by Gasteiger charge is 2.09. The highest BCUT2D eigenvalue weighted by atomic mass is 35.5. The maximum atomic E-state index is 10.7. The minimum absolute atomic E-state index is 0.598. The van der Waals surface area contributed by atoms with Crippen LogP contribution in [-0.2, 0) is 11.3 Å². The van der Waals surface area contributed by atoms with E-state index in [1.807, 2.05) is 48.7 Å². The standard InChI is InChI=1S/C19H15ClN2O2/c20-17-9-6-15(7-10-17)19-16(8-11-18(23)24)13-22(21-19)12-14-4-2-1-3-5-14/h1-11,13H,12H2,(H,23,24)/p-1/b11-8+. The summed E-state index contributed by atoms with van der Waals surface area (Å²) in [5.74, 6) is -1.24. The van der Waals surface area contributed by atoms with Crippen LogP contribution in [0.5, 0.6) is 0 Å². The molecule has 1 heterocycles. The van der Waals surface area contributed by atoms with E-state index in [-0.39, 0.29) is 0 Å². The number of hydrogen-bond donors (Lipinski definition) is 0. The van der Waals surface area contributed by atoms with E-state index in [9.17, 15) is 9.90 Å². The average Bonchev–Trinajstić information content (AvgIpc) is 2.97. The normalized spacial score (nSPS) is 11.0. The molecule has 0 radical (unpaired) electrons. The van der Waals surface area contributed by atoms with E-state index >= 15 is 0 Å². The molecule has 0 unspecified atom stereocenters. The van der Waals surface area contributed by atoms with Gasteiger partial charge >= 0.3 is 0 Å². The van der Waals surface area contributed by atoms with E-state index in [4.69, 9.17) is 11.6 Å². The number of carbonyl (C=O) groups excluding carboxylic acids is 1. The van der Waals surface area contributed by atoms with Crippen LogP contribution in [0.15, 0.2) is 66.9 Å². The Morgan fingerprint density at radius 2 is 1.83 bits per heavy atom. The number of carbonyl (C=O) groups is 1. The van der Waals surface area contributed by atoms with Crippen LogP contribution in [0.2, 0.25) is 5.02 Å². The van der Waals surface area contributed by atoms with Crippen molar-refractivity contribution in [1.29, 1.82) is 0 Å². The molecule has 1 aromatic heterocycles. The van der Waals surface area contributed by atoms with Crippen molar-refractivity contribution in [2.24, 2.45) is 0 Å². The van der Waals surface area contributed by atoms with Gasteiger partial charge in [-0.25, -0.2) is 0 Å². The second-order valence-electron chi connectivity index (χ2n) is 5.28. The number of halogens is 1. The Balaban J connectivity index is 1.98. The molecule has 0 aliphatic heterocycles. The zero-order chi connectivity index (χ0) is 16.9. The first-order chi connectivity index (χ1) is 11.6. The summed E-state index contributed by atoms with van der Waals surface area (Å²) >= 11 is 5.93. The molecule has 2 aromatic carbocycles. The molecule has 4 nitrogen and oxygen atoms in total. The highest BCUT2D eigenvalue weighted by Crippen LogP contribution is 2.25. The van der Waals surface area contributed by atoms with Crippen molar-refractivity contribution in [2.75, 3.05) is 0 Å². The molecule has 0 aliphatic carbocycles. The topological polar surface area (TPSA) is 57.9 Å². The Morgan fingerprint density at radius 1 is 1.12 bits per heavy atom. The van der Waals surface area contributed by atoms with Crippen molar-refractivity contribution < 1.29 is 9.90 Å². The Bertz CT molecular complexity index is 868. The van der Waals surface area contributed by atoms with E-state index in [1.165, 1.54) is 6.08 Å². The number of carboxylic acids is 1. The first kappa shape index (κ1) is 16.0. The van der Waals surface area contributed by atoms with Gasteiger partial charge in [-0.3, -0.25) is 4.68 Å². The van der Waals surface area contributed by atoms with Crippen LogP contribution in [0.4, 0.5) is 0 Å². The first-order valence-electron chi connectivity index (χ1n) is 7.38. The van der Waals surface area contributed by atoms with Crippen molar-refractivity contribution in [2.45, 2.75) is 6.54 Å². The van der Waals surface area contributed by atoms with Gasteiger partial charge in [-0.2, -0.15) is 5.10 Å². The molecular weight excluding hydrogens is 324 g/mol. The Hall–Kier alpha value is -2.85. The minimum Gasteiger partial charge on any atom is -0.545 e. The van der Waals surface area contributed by atoms with Gasteiger partial charge in [-0.05, 0) is 29.8 Å². The predicted octanol–water partition coefficient (Wildman–Crippen LogP) is 3.01. The second-order valence-corrected chi connectivity index (χ2v) is 5.71. The predicted molar refractivity (Wildman–Crippen MR) is 92.3 cm³/mol. The maximum absolute atomic E-state index is 10.7. The van der Waals surface area contributed by atoms with Gasteiger partial charge in [0.2, 0.25) is 0 Å². The fraction of sp³-hybridized carbons (Fsp3) is 0.0526. The summed E-state index contributed by atoms with van der Waals surface area (Å²) < 4.78 is 1.79. The second kappa shape index (κ2) is 7.15. The van der Waals surface area contributed by atoms with Crippen molar-refractivity contribution in [3.8, 4) is 11.3 Å². The van der Waals surface area contributed by atoms with Crippen molar-refractivity contribution >= 4 is 23.6 Å². The molecule has 3 aromatic rings. The van der Waals surface area contributed by atoms with Gasteiger partial charge in [0.15, 0.2) is 0 Å². The zero-order valence-corrected chi connectivity index (χ0v) is 13.5. The van der Waals surface area contributed by atoms with E-state index in [0.717, 1.165) is 17.2 Å². The molecule has 0 fully saturated rings. The summed E-state index contributed by atoms with van der Waals surface area (Å²) in [7, 11) is 0. The average molecular weight is 338 g/mol. The number of aliphatic carboxylic acids is 1. The third-order valence-corrected chi connectivity index (χ3v) is 3.75. The molecule has 24 heavy (non-hydrogen) atoms. The summed E-state index contributed by atoms with van der Waals surface area (Å²) in [5.41, 5.74) is 3.37. The molecule has 0 aliphatic rings. The Labute approximate surface area is 144 Å². The molecule has 0 N–H and O–H groups in total. The molecule has 0 saturated heterocycles. The molecule has 0 saturated carbocycles. The van der Waals surface area contributed by atoms with E-state index in [2.05, 4.69) is 5.10 Å². The fourth-order valence-electron chi connectivity index (χ4n) is 2.40. The number of benzene rings is 2. The van der Waals surface area contributed by atoms with Crippen molar-refractivity contribution in [3.63, 3.8) is 0 Å². The fourth-order valence-corrected chi connectivity index (χ4v) is 2.53. The van der Waals surface area contributed by atoms with Gasteiger partial charge in [0.05, 0.1) is 18.2 Å². The number of nitrogens with zero attached hydrogens (tertiary/aromatic N) is 2. The molecule has 0 atom stereocenters. The molecule has 3 rings (SSSR count). The summed E-state index contributed by atoms with van der Waals surface area (Å²) in [6, 6.07) is 17.2. The Kier molecular flexibility index (Phi) is 4.77. The minimum atomic E-state index is -1.24. The van der Waals surface area contributed by atoms with E-state index in [0.29, 0.717) is 22.8 Å². The summed E-state index contributed by atoms with van der Waals surface area (Å²) in [6.45, 7) is 0.598. The third-order valence-electron chi connectivity index (χ3n) is 3.49. The zero-order valence-electron chi connectivity index (χ0n) is 12.7. The summed E-state index contributed by atoms with van der Waals surface area (Å²) in [5, 5.41) is 15.9. The molecule has 5 heteroatoms. The largest absolute Gasteiger partial charge is 0.545 e. The van der Waals surface area contributed by atoms with Gasteiger partial charge in [-0.15, -0.1) is 0 Å². The van der Waals surface area contributed by atoms with Crippen LogP contribution >= 0.6 is 11.6 Å². The molecule has 0 spiro atoms. The van der Waals surface area contributed by atoms with Crippen LogP contribution in [0, 0.1) is 0 Å². The van der Waals surface area contributed by atoms with Gasteiger partial charge in [0.1, 0.15) is 0 Å². The van der Waals surface area contributed by atoms with Crippen LogP contribution < -0.4 is 5.11 Å². The lowest BCUT2D eigenvalue weighted by Gasteiger charge is -2.01. The van der Waals surface area contributed by atoms with Crippen LogP contribution in [0.1, 0.15) is 11.1 Å². The SMILES string of the molecule is O=C([O-])/C=C/c1cn(Cc2ccccc2)nc1-c1ccc(Cl)cc1. The van der Waals surface area contributed by atoms with Crippen molar-refractivity contribution in [1.82, 2.24) is 9.78 Å². The summed E-state index contributed by atoms with van der Waals surface area (Å²) in [4.78, 5) is 10.7. The van der Waals surface area contributed by atoms with Crippen LogP contribution in [-0.4, -0.2) is 15.7 Å². The monoisotopic (exact) mass is 337 g/mol. The van der Waals surface area contributed by atoms with Crippen LogP contribution in [0.3, 0.4) is 0 Å².